The Hall–Kier alpha value is -2.88. The molecule has 0 saturated carbocycles. The van der Waals surface area contributed by atoms with Crippen molar-refractivity contribution in [1.29, 1.82) is 0 Å². The Labute approximate surface area is 138 Å². The second-order valence-electron chi connectivity index (χ2n) is 6.57. The van der Waals surface area contributed by atoms with E-state index in [0.717, 1.165) is 47.7 Å². The fraction of sp³-hybridized carbons (Fsp3) is 0.200. The Balaban J connectivity index is 1.88. The first-order valence-electron chi connectivity index (χ1n) is 8.24. The van der Waals surface area contributed by atoms with Crippen LogP contribution in [0.4, 0.5) is 0 Å². The smallest absolute Gasteiger partial charge is 0.214 e. The van der Waals surface area contributed by atoms with Crippen molar-refractivity contribution < 1.29 is 14.7 Å². The van der Waals surface area contributed by atoms with E-state index in [1.54, 1.807) is 6.07 Å². The lowest BCUT2D eigenvalue weighted by Gasteiger charge is -2.24. The van der Waals surface area contributed by atoms with Gasteiger partial charge in [-0.05, 0) is 48.9 Å². The maximum atomic E-state index is 13.3. The largest absolute Gasteiger partial charge is 0.507 e. The number of aromatic hydroxyl groups is 1. The molecule has 0 radical (unpaired) electrons. The summed E-state index contributed by atoms with van der Waals surface area (Å²) in [6.45, 7) is 0. The first kappa shape index (κ1) is 13.5. The lowest BCUT2D eigenvalue weighted by molar-refractivity contribution is 0.0974. The maximum Gasteiger partial charge on any atom is 0.214 e. The van der Waals surface area contributed by atoms with Gasteiger partial charge in [0.05, 0.1) is 16.8 Å². The lowest BCUT2D eigenvalue weighted by atomic mass is 9.78. The average molecular weight is 317 g/mol. The standard InChI is InChI=1S/C20H15NO3/c22-14-9-10-5-1-2-6-11(10)15-17(14)20(24)18-16(19(15)23)12-7-3-4-8-13(12)21-18/h3-4,7-9,21-22H,1-2,5-6H2. The molecule has 1 aromatic heterocycles. The molecule has 2 aliphatic carbocycles. The number of hydrogen-bond acceptors (Lipinski definition) is 3. The second-order valence-corrected chi connectivity index (χ2v) is 6.57. The molecule has 0 aliphatic heterocycles. The third kappa shape index (κ3) is 1.58. The predicted octanol–water partition coefficient (Wildman–Crippen LogP) is 3.53. The van der Waals surface area contributed by atoms with Gasteiger partial charge in [0.25, 0.3) is 0 Å². The summed E-state index contributed by atoms with van der Waals surface area (Å²) in [6, 6.07) is 9.11. The number of H-pyrrole nitrogens is 1. The van der Waals surface area contributed by atoms with E-state index in [2.05, 4.69) is 4.98 Å². The number of nitrogens with one attached hydrogen (secondary N) is 1. The van der Waals surface area contributed by atoms with Crippen LogP contribution in [0.3, 0.4) is 0 Å². The Bertz CT molecular complexity index is 1060. The van der Waals surface area contributed by atoms with Gasteiger partial charge in [0, 0.05) is 16.5 Å². The lowest BCUT2D eigenvalue weighted by Crippen LogP contribution is -2.24. The number of aromatic nitrogens is 1. The Kier molecular flexibility index (Phi) is 2.58. The van der Waals surface area contributed by atoms with Crippen LogP contribution in [-0.2, 0) is 12.8 Å². The number of ketones is 2. The van der Waals surface area contributed by atoms with Gasteiger partial charge in [0.1, 0.15) is 5.75 Å². The first-order chi connectivity index (χ1) is 11.7. The molecular weight excluding hydrogens is 302 g/mol. The summed E-state index contributed by atoms with van der Waals surface area (Å²) in [5, 5.41) is 11.2. The van der Waals surface area contributed by atoms with Crippen molar-refractivity contribution >= 4 is 22.5 Å². The van der Waals surface area contributed by atoms with E-state index in [1.807, 2.05) is 24.3 Å². The second kappa shape index (κ2) is 4.57. The molecule has 5 rings (SSSR count). The van der Waals surface area contributed by atoms with E-state index in [9.17, 15) is 14.7 Å². The molecule has 2 N–H and O–H groups in total. The summed E-state index contributed by atoms with van der Waals surface area (Å²) in [5.74, 6) is -0.513. The quantitative estimate of drug-likeness (QED) is 0.521. The average Bonchev–Trinajstić information content (AvgIpc) is 2.99. The molecule has 2 aromatic carbocycles. The highest BCUT2D eigenvalue weighted by Crippen LogP contribution is 2.40. The number of hydrogen-bond donors (Lipinski definition) is 2. The fourth-order valence-corrected chi connectivity index (χ4v) is 4.17. The number of carbonyl (C=O) groups excluding carboxylic acids is 2. The Morgan fingerprint density at radius 2 is 1.71 bits per heavy atom. The summed E-state index contributed by atoms with van der Waals surface area (Å²) in [6.07, 6.45) is 3.69. The molecule has 0 fully saturated rings. The molecule has 0 unspecified atom stereocenters. The molecule has 4 heteroatoms. The van der Waals surface area contributed by atoms with E-state index >= 15 is 0 Å². The number of para-hydroxylation sites is 1. The molecule has 0 saturated heterocycles. The van der Waals surface area contributed by atoms with Crippen LogP contribution in [0, 0.1) is 0 Å². The van der Waals surface area contributed by atoms with E-state index in [4.69, 9.17) is 0 Å². The molecular formula is C20H15NO3. The summed E-state index contributed by atoms with van der Waals surface area (Å²) in [4.78, 5) is 29.3. The third-order valence-electron chi connectivity index (χ3n) is 5.24. The topological polar surface area (TPSA) is 70.2 Å². The van der Waals surface area contributed by atoms with Crippen LogP contribution in [0.1, 0.15) is 55.9 Å². The number of phenolic OH excluding ortho intramolecular Hbond substituents is 1. The highest BCUT2D eigenvalue weighted by Gasteiger charge is 2.38. The highest BCUT2D eigenvalue weighted by atomic mass is 16.3. The zero-order valence-electron chi connectivity index (χ0n) is 13.0. The zero-order valence-corrected chi connectivity index (χ0v) is 13.0. The van der Waals surface area contributed by atoms with Gasteiger partial charge in [-0.25, -0.2) is 0 Å². The van der Waals surface area contributed by atoms with E-state index < -0.39 is 0 Å². The monoisotopic (exact) mass is 317 g/mol. The minimum absolute atomic E-state index is 0.0756. The summed E-state index contributed by atoms with van der Waals surface area (Å²) in [5.41, 5.74) is 4.04. The van der Waals surface area contributed by atoms with Crippen LogP contribution in [0.25, 0.3) is 10.9 Å². The van der Waals surface area contributed by atoms with Gasteiger partial charge in [0.2, 0.25) is 5.78 Å². The molecule has 2 aliphatic rings. The van der Waals surface area contributed by atoms with Crippen molar-refractivity contribution in [3.8, 4) is 5.75 Å². The minimum Gasteiger partial charge on any atom is -0.507 e. The van der Waals surface area contributed by atoms with Crippen LogP contribution in [0.5, 0.6) is 5.75 Å². The van der Waals surface area contributed by atoms with Gasteiger partial charge in [-0.15, -0.1) is 0 Å². The maximum absolute atomic E-state index is 13.3. The molecule has 1 heterocycles. The number of carbonyl (C=O) groups is 2. The Morgan fingerprint density at radius 1 is 0.917 bits per heavy atom. The molecule has 0 atom stereocenters. The molecule has 0 amide bonds. The Morgan fingerprint density at radius 3 is 2.58 bits per heavy atom. The van der Waals surface area contributed by atoms with Crippen LogP contribution in [0.2, 0.25) is 0 Å². The number of aromatic amines is 1. The molecule has 0 bridgehead atoms. The van der Waals surface area contributed by atoms with Gasteiger partial charge in [0.15, 0.2) is 5.78 Å². The highest BCUT2D eigenvalue weighted by molar-refractivity contribution is 6.33. The van der Waals surface area contributed by atoms with Gasteiger partial charge >= 0.3 is 0 Å². The van der Waals surface area contributed by atoms with E-state index in [-0.39, 0.29) is 22.9 Å². The van der Waals surface area contributed by atoms with Crippen molar-refractivity contribution in [2.75, 3.05) is 0 Å². The van der Waals surface area contributed by atoms with Crippen molar-refractivity contribution in [3.05, 3.63) is 63.8 Å². The van der Waals surface area contributed by atoms with Crippen molar-refractivity contribution in [2.45, 2.75) is 25.7 Å². The van der Waals surface area contributed by atoms with Gasteiger partial charge in [-0.2, -0.15) is 0 Å². The van der Waals surface area contributed by atoms with Crippen molar-refractivity contribution in [2.24, 2.45) is 0 Å². The molecule has 4 nitrogen and oxygen atoms in total. The zero-order chi connectivity index (χ0) is 16.4. The molecule has 24 heavy (non-hydrogen) atoms. The molecule has 3 aromatic rings. The molecule has 118 valence electrons. The minimum atomic E-state index is -0.290. The van der Waals surface area contributed by atoms with Gasteiger partial charge in [-0.1, -0.05) is 18.2 Å². The van der Waals surface area contributed by atoms with Crippen LogP contribution in [0.15, 0.2) is 30.3 Å². The van der Waals surface area contributed by atoms with E-state index in [0.29, 0.717) is 16.8 Å². The summed E-state index contributed by atoms with van der Waals surface area (Å²) in [7, 11) is 0. The van der Waals surface area contributed by atoms with E-state index in [1.165, 1.54) is 0 Å². The van der Waals surface area contributed by atoms with Gasteiger partial charge in [-0.3, -0.25) is 9.59 Å². The van der Waals surface area contributed by atoms with Crippen LogP contribution >= 0.6 is 0 Å². The number of phenols is 1. The summed E-state index contributed by atoms with van der Waals surface area (Å²) >= 11 is 0. The van der Waals surface area contributed by atoms with Crippen molar-refractivity contribution in [1.82, 2.24) is 4.98 Å². The number of fused-ring (bicyclic) bond motifs is 6. The fourth-order valence-electron chi connectivity index (χ4n) is 4.17. The number of aryl methyl sites for hydroxylation is 1. The van der Waals surface area contributed by atoms with Gasteiger partial charge < -0.3 is 10.1 Å². The SMILES string of the molecule is O=C1c2[nH]c3ccccc3c2C(=O)c2c3c(cc(O)c21)CCCC3. The first-order valence-corrected chi connectivity index (χ1v) is 8.24. The number of benzene rings is 2. The third-order valence-corrected chi connectivity index (χ3v) is 5.24. The number of rotatable bonds is 0. The van der Waals surface area contributed by atoms with Crippen LogP contribution in [-0.4, -0.2) is 21.7 Å². The van der Waals surface area contributed by atoms with Crippen LogP contribution < -0.4 is 0 Å². The normalized spacial score (nSPS) is 16.0. The predicted molar refractivity (Wildman–Crippen MR) is 89.9 cm³/mol. The van der Waals surface area contributed by atoms with Crippen molar-refractivity contribution in [3.63, 3.8) is 0 Å². The molecule has 0 spiro atoms. The summed E-state index contributed by atoms with van der Waals surface area (Å²) < 4.78 is 0.